The number of anilines is 10. The molecule has 2 fully saturated rings. The number of hydrogen-bond donors (Lipinski definition) is 8. The van der Waals surface area contributed by atoms with Crippen LogP contribution in [0.5, 0.6) is 0 Å². The summed E-state index contributed by atoms with van der Waals surface area (Å²) in [6.07, 6.45) is 8.10. The first kappa shape index (κ1) is 80.0. The predicted octanol–water partition coefficient (Wildman–Crippen LogP) is 11.9. The SMILES string of the molecule is C=C1Cc2cc(C(=O)N(C)C3CCN(C(C)=O)CC3)ccc2N1.C=C1Cc2cc(C(=O)N(C)c3ccccc3)cnc2N1.C=C1Nc2ccc(CC(=O)N3CCc4c(C(=O)OC)cccc43)cc2N1.CC(=O)Cc1cccc(C(=O)Nc2ccc3c(c2)CC(=O)N3)c1.CC(=O)N1CCC(C(=O)Nc2ccc3c(c2)CC(=O)N3)CC1. The highest BCUT2D eigenvalue weighted by Crippen LogP contribution is 2.36. The van der Waals surface area contributed by atoms with E-state index in [9.17, 15) is 52.7 Å². The number of nitrogens with one attached hydrogen (secondary N) is 8. The van der Waals surface area contributed by atoms with Crippen molar-refractivity contribution in [2.75, 3.05) is 106 Å². The Balaban J connectivity index is 0.000000132. The fourth-order valence-electron chi connectivity index (χ4n) is 14.8. The van der Waals surface area contributed by atoms with Gasteiger partial charge in [-0.2, -0.15) is 0 Å². The van der Waals surface area contributed by atoms with Crippen LogP contribution in [-0.2, 0) is 83.2 Å². The molecule has 2 saturated heterocycles. The van der Waals surface area contributed by atoms with E-state index in [0.29, 0.717) is 92.6 Å². The Morgan fingerprint density at radius 1 is 0.526 bits per heavy atom. The van der Waals surface area contributed by atoms with Crippen molar-refractivity contribution < 1.29 is 57.5 Å². The van der Waals surface area contributed by atoms with E-state index in [0.717, 1.165) is 146 Å². The molecule has 26 heteroatoms. The first-order valence-corrected chi connectivity index (χ1v) is 37.8. The summed E-state index contributed by atoms with van der Waals surface area (Å²) < 4.78 is 4.84. The van der Waals surface area contributed by atoms with Crippen molar-refractivity contribution >= 4 is 122 Å². The van der Waals surface area contributed by atoms with Crippen molar-refractivity contribution in [3.63, 3.8) is 0 Å². The van der Waals surface area contributed by atoms with Crippen LogP contribution in [0.3, 0.4) is 0 Å². The van der Waals surface area contributed by atoms with E-state index in [4.69, 9.17) is 4.74 Å². The number of para-hydroxylation sites is 1. The van der Waals surface area contributed by atoms with Gasteiger partial charge in [-0.3, -0.25) is 47.9 Å². The molecule has 0 unspecified atom stereocenters. The molecule has 0 radical (unpaired) electrons. The lowest BCUT2D eigenvalue weighted by Gasteiger charge is -2.36. The molecule has 9 amide bonds. The van der Waals surface area contributed by atoms with E-state index >= 15 is 0 Å². The monoisotopic (exact) mass is 1540 g/mol. The lowest BCUT2D eigenvalue weighted by atomic mass is 9.95. The summed E-state index contributed by atoms with van der Waals surface area (Å²) in [6, 6.07) is 46.5. The molecule has 1 aromatic heterocycles. The number of likely N-dealkylation sites (tertiary alicyclic amines) is 2. The predicted molar refractivity (Wildman–Crippen MR) is 440 cm³/mol. The smallest absolute Gasteiger partial charge is 0.338 e. The number of hydrogen-bond acceptors (Lipinski definition) is 17. The average molecular weight is 1540 g/mol. The van der Waals surface area contributed by atoms with Crippen molar-refractivity contribution in [1.82, 2.24) is 19.7 Å². The summed E-state index contributed by atoms with van der Waals surface area (Å²) in [6.45, 7) is 19.6. The van der Waals surface area contributed by atoms with Gasteiger partial charge in [-0.25, -0.2) is 9.78 Å². The summed E-state index contributed by atoms with van der Waals surface area (Å²) in [5, 5.41) is 23.8. The van der Waals surface area contributed by atoms with Crippen LogP contribution in [0.4, 0.5) is 57.0 Å². The molecule has 26 nitrogen and oxygen atoms in total. The lowest BCUT2D eigenvalue weighted by Crippen LogP contribution is -2.46. The van der Waals surface area contributed by atoms with Crippen LogP contribution in [0, 0.1) is 5.92 Å². The number of Topliss-reactive ketones (excluding diaryl/α,β-unsaturated/α-hetero) is 1. The first-order valence-electron chi connectivity index (χ1n) is 37.8. The standard InChI is InChI=1S/C20H19N3O3.C18H23N3O2.C18H16N2O3.C16H19N3O3.C16H15N3O/c1-12-21-16-7-6-13(10-17(16)22-12)11-19(24)23-9-8-14-15(20(25)26-2)4-3-5-18(14)23;1-12-10-15-11-14(4-5-17(15)19-12)18(23)20(3)16-6-8-21(9-7-16)13(2)22;1-11(21)7-12-3-2-4-13(8-12)18(23)19-15-5-6-16-14(9-15)10-17(22)20-16;1-10(20)19-6-4-11(5-7-19)16(22)17-13-2-3-14-12(8-13)9-15(21)18-14;1-11-8-12-9-13(10-17-15(12)18-11)16(20)19(2)14-6-4-3-5-7-14/h3-7,10,21-22H,1,8-9,11H2,2H3;4-5,11,16,19H,1,6-10H2,2-3H3;2-6,8-9H,7,10H2,1H3,(H,19,23)(H,20,22);2-3,8,11H,4-7,9H2,1H3,(H,17,22)(H,18,21);3-7,9-10H,1,8H2,2H3,(H,17,18). The number of carbonyl (C=O) groups excluding carboxylic acids is 11. The fourth-order valence-corrected chi connectivity index (χ4v) is 14.8. The maximum atomic E-state index is 12.8. The second kappa shape index (κ2) is 35.7. The van der Waals surface area contributed by atoms with Crippen LogP contribution < -0.4 is 52.3 Å². The van der Waals surface area contributed by atoms with Crippen LogP contribution >= 0.6 is 0 Å². The third-order valence-corrected chi connectivity index (χ3v) is 20.9. The van der Waals surface area contributed by atoms with Crippen molar-refractivity contribution in [1.29, 1.82) is 0 Å². The highest BCUT2D eigenvalue weighted by molar-refractivity contribution is 6.08. The molecule has 114 heavy (non-hydrogen) atoms. The molecule has 8 aliphatic rings. The first-order chi connectivity index (χ1) is 54.7. The fraction of sp³-hybridized carbons (Fsp3) is 0.273. The number of methoxy groups -OCH3 is 1. The Morgan fingerprint density at radius 3 is 1.76 bits per heavy atom. The Morgan fingerprint density at radius 2 is 1.11 bits per heavy atom. The second-order valence-electron chi connectivity index (χ2n) is 29.1. The van der Waals surface area contributed by atoms with E-state index in [1.54, 1.807) is 96.4 Å². The molecule has 586 valence electrons. The van der Waals surface area contributed by atoms with E-state index in [-0.39, 0.29) is 76.9 Å². The largest absolute Gasteiger partial charge is 0.465 e. The Labute approximate surface area is 661 Å². The normalized spacial score (nSPS) is 15.0. The zero-order valence-corrected chi connectivity index (χ0v) is 64.7. The quantitative estimate of drug-likeness (QED) is 0.0497. The summed E-state index contributed by atoms with van der Waals surface area (Å²) in [5.41, 5.74) is 18.3. The van der Waals surface area contributed by atoms with Crippen molar-refractivity contribution in [3.05, 3.63) is 256 Å². The molecule has 0 atom stereocenters. The molecule has 8 N–H and O–H groups in total. The topological polar surface area (TPSA) is 322 Å². The van der Waals surface area contributed by atoms with Gasteiger partial charge in [0.15, 0.2) is 0 Å². The number of benzene rings is 7. The van der Waals surface area contributed by atoms with E-state index in [1.165, 1.54) is 14.0 Å². The molecular weight excluding hydrogens is 1450 g/mol. The maximum Gasteiger partial charge on any atom is 0.338 e. The number of esters is 1. The number of allylic oxidation sites excluding steroid dienone is 2. The minimum absolute atomic E-state index is 0.00972. The summed E-state index contributed by atoms with van der Waals surface area (Å²) in [4.78, 5) is 144. The summed E-state index contributed by atoms with van der Waals surface area (Å²) in [5.74, 6) is 1.00. The van der Waals surface area contributed by atoms with Crippen molar-refractivity contribution in [2.45, 2.75) is 97.4 Å². The van der Waals surface area contributed by atoms with Crippen LogP contribution in [-0.4, -0.2) is 145 Å². The maximum absolute atomic E-state index is 12.8. The molecular formula is C88H92N14O12. The minimum atomic E-state index is -0.367. The molecule has 16 rings (SSSR count). The van der Waals surface area contributed by atoms with Crippen molar-refractivity contribution in [3.8, 4) is 0 Å². The summed E-state index contributed by atoms with van der Waals surface area (Å²) in [7, 11) is 4.99. The van der Waals surface area contributed by atoms with Gasteiger partial charge in [0.1, 0.15) is 17.4 Å². The van der Waals surface area contributed by atoms with Gasteiger partial charge in [-0.1, -0.05) is 62.2 Å². The van der Waals surface area contributed by atoms with Gasteiger partial charge in [-0.15, -0.1) is 0 Å². The Hall–Kier alpha value is -13.5. The number of rotatable bonds is 13. The number of ketones is 1. The number of ether oxygens (including phenoxy) is 1. The van der Waals surface area contributed by atoms with E-state index in [1.807, 2.05) is 114 Å². The molecule has 8 aromatic rings. The molecule has 0 spiro atoms. The van der Waals surface area contributed by atoms with Crippen LogP contribution in [0.1, 0.15) is 127 Å². The highest BCUT2D eigenvalue weighted by Gasteiger charge is 2.32. The zero-order chi connectivity index (χ0) is 81.0. The van der Waals surface area contributed by atoms with Gasteiger partial charge in [0, 0.05) is 166 Å². The van der Waals surface area contributed by atoms with Crippen LogP contribution in [0.25, 0.3) is 0 Å². The number of aromatic nitrogens is 1. The zero-order valence-electron chi connectivity index (χ0n) is 64.7. The van der Waals surface area contributed by atoms with Crippen LogP contribution in [0.2, 0.25) is 0 Å². The highest BCUT2D eigenvalue weighted by atomic mass is 16.5. The molecule has 9 heterocycles. The van der Waals surface area contributed by atoms with Gasteiger partial charge in [-0.05, 0) is 182 Å². The number of pyridine rings is 1. The molecule has 0 bridgehead atoms. The number of piperidine rings is 2. The number of carbonyl (C=O) groups is 11. The molecule has 7 aromatic carbocycles. The number of amides is 9. The summed E-state index contributed by atoms with van der Waals surface area (Å²) >= 11 is 0. The number of fused-ring (bicyclic) bond motifs is 6. The Kier molecular flexibility index (Phi) is 25.0. The van der Waals surface area contributed by atoms with E-state index in [2.05, 4.69) is 67.3 Å². The van der Waals surface area contributed by atoms with Gasteiger partial charge in [0.05, 0.1) is 48.9 Å². The number of nitrogens with zero attached hydrogens (tertiary/aromatic N) is 6. The van der Waals surface area contributed by atoms with Crippen LogP contribution in [0.15, 0.2) is 195 Å². The van der Waals surface area contributed by atoms with Crippen molar-refractivity contribution in [2.24, 2.45) is 5.92 Å². The third-order valence-electron chi connectivity index (χ3n) is 20.9. The second-order valence-corrected chi connectivity index (χ2v) is 29.1. The minimum Gasteiger partial charge on any atom is -0.465 e. The third kappa shape index (κ3) is 19.6. The molecule has 0 aliphatic carbocycles. The van der Waals surface area contributed by atoms with Gasteiger partial charge in [0.2, 0.25) is 35.4 Å². The Bertz CT molecular complexity index is 5200. The molecule has 8 aliphatic heterocycles. The van der Waals surface area contributed by atoms with E-state index < -0.39 is 0 Å². The lowest BCUT2D eigenvalue weighted by molar-refractivity contribution is -0.132. The average Bonchev–Trinajstić information content (AvgIpc) is 1.65. The van der Waals surface area contributed by atoms with Gasteiger partial charge < -0.3 is 71.8 Å². The van der Waals surface area contributed by atoms with Gasteiger partial charge >= 0.3 is 5.97 Å². The molecule has 0 saturated carbocycles. The van der Waals surface area contributed by atoms with Gasteiger partial charge in [0.25, 0.3) is 17.7 Å².